The lowest BCUT2D eigenvalue weighted by Gasteiger charge is -2.17. The highest BCUT2D eigenvalue weighted by Gasteiger charge is 2.32. The Bertz CT molecular complexity index is 593. The van der Waals surface area contributed by atoms with E-state index in [2.05, 4.69) is 9.97 Å². The van der Waals surface area contributed by atoms with E-state index in [-0.39, 0.29) is 11.6 Å². The number of halogens is 3. The van der Waals surface area contributed by atoms with Gasteiger partial charge in [0.05, 0.1) is 13.5 Å². The van der Waals surface area contributed by atoms with Crippen LogP contribution in [0.15, 0.2) is 12.1 Å². The molecule has 2 rings (SSSR count). The van der Waals surface area contributed by atoms with E-state index >= 15 is 0 Å². The smallest absolute Gasteiger partial charge is 0.391 e. The number of nitrogens with two attached hydrogens (primary N) is 1. The lowest BCUT2D eigenvalue weighted by molar-refractivity contribution is -0.141. The van der Waals surface area contributed by atoms with Gasteiger partial charge >= 0.3 is 6.18 Å². The number of nitrogens with zero attached hydrogens (tertiary/aromatic N) is 3. The third-order valence-corrected chi connectivity index (χ3v) is 2.72. The van der Waals surface area contributed by atoms with E-state index in [0.717, 1.165) is 0 Å². The Hall–Kier alpha value is -1.99. The average Bonchev–Trinajstić information content (AvgIpc) is 2.61. The topological polar surface area (TPSA) is 66.0 Å². The first-order valence-corrected chi connectivity index (χ1v) is 5.57. The zero-order valence-electron chi connectivity index (χ0n) is 10.4. The predicted octanol–water partition coefficient (Wildman–Crippen LogP) is 2.54. The summed E-state index contributed by atoms with van der Waals surface area (Å²) in [6.07, 6.45) is -5.27. The van der Waals surface area contributed by atoms with Crippen LogP contribution in [0.5, 0.6) is 5.88 Å². The lowest BCUT2D eigenvalue weighted by atomic mass is 10.2. The fourth-order valence-corrected chi connectivity index (χ4v) is 1.95. The Balaban J connectivity index is 2.49. The van der Waals surface area contributed by atoms with Crippen LogP contribution in [0.4, 0.5) is 19.1 Å². The zero-order chi connectivity index (χ0) is 14.2. The third-order valence-electron chi connectivity index (χ3n) is 2.72. The summed E-state index contributed by atoms with van der Waals surface area (Å²) in [4.78, 5) is 8.09. The molecule has 0 aliphatic heterocycles. The molecule has 8 heteroatoms. The van der Waals surface area contributed by atoms with Crippen LogP contribution in [-0.2, 0) is 0 Å². The van der Waals surface area contributed by atoms with Crippen molar-refractivity contribution in [3.05, 3.63) is 12.1 Å². The Kier molecular flexibility index (Phi) is 3.25. The molecule has 0 radical (unpaired) electrons. The maximum absolute atomic E-state index is 12.5. The first-order valence-electron chi connectivity index (χ1n) is 5.57. The maximum atomic E-state index is 12.5. The number of methoxy groups -OCH3 is 1. The van der Waals surface area contributed by atoms with Crippen molar-refractivity contribution in [1.29, 1.82) is 0 Å². The van der Waals surface area contributed by atoms with Gasteiger partial charge in [-0.25, -0.2) is 4.98 Å². The molecule has 0 aliphatic carbocycles. The van der Waals surface area contributed by atoms with Gasteiger partial charge in [-0.2, -0.15) is 18.2 Å². The lowest BCUT2D eigenvalue weighted by Crippen LogP contribution is -2.18. The van der Waals surface area contributed by atoms with Gasteiger partial charge in [0.2, 0.25) is 11.8 Å². The summed E-state index contributed by atoms with van der Waals surface area (Å²) in [6, 6.07) is 2.30. The van der Waals surface area contributed by atoms with Crippen molar-refractivity contribution in [3.63, 3.8) is 0 Å². The molecule has 1 atom stereocenters. The van der Waals surface area contributed by atoms with Crippen LogP contribution >= 0.6 is 0 Å². The standard InChI is InChI=1S/C11H13F3N4O/c1-6(5-11(12,13)14)18-9-7(16-10(18)15)3-4-8(17-9)19-2/h3-4,6H,5H2,1-2H3,(H2,15,16). The summed E-state index contributed by atoms with van der Waals surface area (Å²) >= 11 is 0. The van der Waals surface area contributed by atoms with E-state index in [4.69, 9.17) is 10.5 Å². The fraction of sp³-hybridized carbons (Fsp3) is 0.455. The summed E-state index contributed by atoms with van der Waals surface area (Å²) in [7, 11) is 1.43. The molecule has 0 saturated heterocycles. The predicted molar refractivity (Wildman–Crippen MR) is 63.9 cm³/mol. The molecule has 2 aromatic rings. The minimum atomic E-state index is -4.28. The second-order valence-electron chi connectivity index (χ2n) is 4.20. The number of alkyl halides is 3. The first-order chi connectivity index (χ1) is 8.81. The molecule has 1 unspecified atom stereocenters. The summed E-state index contributed by atoms with van der Waals surface area (Å²) in [6.45, 7) is 1.42. The Morgan fingerprint density at radius 3 is 2.63 bits per heavy atom. The first kappa shape index (κ1) is 13.4. The summed E-state index contributed by atoms with van der Waals surface area (Å²) in [5.74, 6) is 0.306. The monoisotopic (exact) mass is 274 g/mol. The Morgan fingerprint density at radius 1 is 1.37 bits per heavy atom. The summed E-state index contributed by atoms with van der Waals surface area (Å²) in [5.41, 5.74) is 6.39. The minimum absolute atomic E-state index is 0.00695. The number of ether oxygens (including phenoxy) is 1. The Labute approximate surface area is 107 Å². The van der Waals surface area contributed by atoms with Crippen LogP contribution in [0.1, 0.15) is 19.4 Å². The van der Waals surface area contributed by atoms with Crippen LogP contribution < -0.4 is 10.5 Å². The molecule has 104 valence electrons. The van der Waals surface area contributed by atoms with Crippen molar-refractivity contribution in [1.82, 2.24) is 14.5 Å². The summed E-state index contributed by atoms with van der Waals surface area (Å²) < 4.78 is 43.6. The number of hydrogen-bond acceptors (Lipinski definition) is 4. The van der Waals surface area contributed by atoms with Crippen molar-refractivity contribution in [3.8, 4) is 5.88 Å². The number of rotatable bonds is 3. The minimum Gasteiger partial charge on any atom is -0.481 e. The zero-order valence-corrected chi connectivity index (χ0v) is 10.4. The molecule has 2 heterocycles. The van der Waals surface area contributed by atoms with Crippen LogP contribution in [0.3, 0.4) is 0 Å². The van der Waals surface area contributed by atoms with Gasteiger partial charge in [-0.3, -0.25) is 4.57 Å². The second-order valence-corrected chi connectivity index (χ2v) is 4.20. The molecule has 0 saturated carbocycles. The SMILES string of the molecule is COc1ccc2nc(N)n(C(C)CC(F)(F)F)c2n1. The normalized spacial score (nSPS) is 13.7. The Morgan fingerprint density at radius 2 is 2.05 bits per heavy atom. The number of anilines is 1. The number of hydrogen-bond donors (Lipinski definition) is 1. The fourth-order valence-electron chi connectivity index (χ4n) is 1.95. The van der Waals surface area contributed by atoms with Gasteiger partial charge < -0.3 is 10.5 Å². The number of aromatic nitrogens is 3. The number of imidazole rings is 1. The van der Waals surface area contributed by atoms with Gasteiger partial charge in [0.25, 0.3) is 0 Å². The molecular weight excluding hydrogens is 261 g/mol. The highest BCUT2D eigenvalue weighted by Crippen LogP contribution is 2.31. The average molecular weight is 274 g/mol. The van der Waals surface area contributed by atoms with Crippen molar-refractivity contribution >= 4 is 17.1 Å². The van der Waals surface area contributed by atoms with Crippen molar-refractivity contribution in [2.75, 3.05) is 12.8 Å². The molecule has 2 aromatic heterocycles. The van der Waals surface area contributed by atoms with Gasteiger partial charge in [0.1, 0.15) is 5.52 Å². The quantitative estimate of drug-likeness (QED) is 0.934. The molecule has 0 fully saturated rings. The van der Waals surface area contributed by atoms with Crippen LogP contribution in [0, 0.1) is 0 Å². The van der Waals surface area contributed by atoms with Crippen LogP contribution in [-0.4, -0.2) is 27.8 Å². The molecular formula is C11H13F3N4O. The van der Waals surface area contributed by atoms with E-state index in [1.54, 1.807) is 12.1 Å². The van der Waals surface area contributed by atoms with Gasteiger partial charge in [-0.15, -0.1) is 0 Å². The highest BCUT2D eigenvalue weighted by atomic mass is 19.4. The number of nitrogen functional groups attached to an aromatic ring is 1. The molecule has 0 aliphatic rings. The van der Waals surface area contributed by atoms with E-state index in [1.807, 2.05) is 0 Å². The van der Waals surface area contributed by atoms with Crippen LogP contribution in [0.2, 0.25) is 0 Å². The van der Waals surface area contributed by atoms with Gasteiger partial charge in [-0.05, 0) is 13.0 Å². The van der Waals surface area contributed by atoms with Gasteiger partial charge in [0, 0.05) is 12.1 Å². The van der Waals surface area contributed by atoms with E-state index in [1.165, 1.54) is 18.6 Å². The van der Waals surface area contributed by atoms with Gasteiger partial charge in [-0.1, -0.05) is 0 Å². The molecule has 5 nitrogen and oxygen atoms in total. The van der Waals surface area contributed by atoms with Crippen LogP contribution in [0.25, 0.3) is 11.2 Å². The van der Waals surface area contributed by atoms with Crippen molar-refractivity contribution in [2.45, 2.75) is 25.6 Å². The second kappa shape index (κ2) is 4.60. The van der Waals surface area contributed by atoms with Gasteiger partial charge in [0.15, 0.2) is 5.65 Å². The maximum Gasteiger partial charge on any atom is 0.391 e. The van der Waals surface area contributed by atoms with Crippen molar-refractivity contribution in [2.24, 2.45) is 0 Å². The molecule has 0 spiro atoms. The summed E-state index contributed by atoms with van der Waals surface area (Å²) in [5, 5.41) is 0. The molecule has 0 amide bonds. The molecule has 19 heavy (non-hydrogen) atoms. The molecule has 0 bridgehead atoms. The third kappa shape index (κ3) is 2.72. The molecule has 0 aromatic carbocycles. The molecule has 2 N–H and O–H groups in total. The van der Waals surface area contributed by atoms with E-state index in [9.17, 15) is 13.2 Å². The van der Waals surface area contributed by atoms with Crippen molar-refractivity contribution < 1.29 is 17.9 Å². The highest BCUT2D eigenvalue weighted by molar-refractivity contribution is 5.75. The number of pyridine rings is 1. The number of fused-ring (bicyclic) bond motifs is 1. The largest absolute Gasteiger partial charge is 0.481 e. The van der Waals surface area contributed by atoms with E-state index in [0.29, 0.717) is 11.4 Å². The van der Waals surface area contributed by atoms with E-state index < -0.39 is 18.6 Å².